The van der Waals surface area contributed by atoms with Crippen LogP contribution in [0.25, 0.3) is 0 Å². The predicted molar refractivity (Wildman–Crippen MR) is 122 cm³/mol. The molecule has 0 bridgehead atoms. The van der Waals surface area contributed by atoms with Crippen LogP contribution in [-0.4, -0.2) is 45.0 Å². The fourth-order valence-electron chi connectivity index (χ4n) is 3.63. The number of methoxy groups -OCH3 is 1. The molecule has 1 saturated carbocycles. The van der Waals surface area contributed by atoms with Gasteiger partial charge < -0.3 is 10.1 Å². The maximum atomic E-state index is 13.5. The van der Waals surface area contributed by atoms with Gasteiger partial charge in [-0.1, -0.05) is 45.1 Å². The summed E-state index contributed by atoms with van der Waals surface area (Å²) in [4.78, 5) is 15.2. The first-order chi connectivity index (χ1) is 14.4. The van der Waals surface area contributed by atoms with Crippen molar-refractivity contribution in [3.05, 3.63) is 23.8 Å². The highest BCUT2D eigenvalue weighted by molar-refractivity contribution is 7.80. The number of carbonyl (C=O) groups is 1. The third-order valence-electron chi connectivity index (χ3n) is 5.50. The Kier molecular flexibility index (Phi) is 9.23. The minimum absolute atomic E-state index is 0.0465. The number of unbranched alkanes of at least 4 members (excludes halogenated alkanes) is 5. The number of nitrogens with one attached hydrogen (secondary N) is 1. The van der Waals surface area contributed by atoms with Crippen LogP contribution in [0.4, 0.5) is 5.69 Å². The topological polar surface area (TPSA) is 88.1 Å². The van der Waals surface area contributed by atoms with E-state index in [4.69, 9.17) is 17.0 Å². The predicted octanol–water partition coefficient (Wildman–Crippen LogP) is 4.11. The summed E-state index contributed by atoms with van der Waals surface area (Å²) < 4.78 is 30.9. The Morgan fingerprint density at radius 1 is 1.23 bits per heavy atom. The molecule has 2 rings (SSSR count). The highest BCUT2D eigenvalue weighted by atomic mass is 32.2. The van der Waals surface area contributed by atoms with E-state index in [2.05, 4.69) is 16.6 Å². The molecule has 1 aliphatic rings. The first-order valence-corrected chi connectivity index (χ1v) is 11.9. The van der Waals surface area contributed by atoms with Crippen LogP contribution in [0.5, 0.6) is 5.75 Å². The minimum Gasteiger partial charge on any atom is -0.494 e. The van der Waals surface area contributed by atoms with Gasteiger partial charge in [-0.15, -0.1) is 4.36 Å². The zero-order valence-corrected chi connectivity index (χ0v) is 19.6. The highest BCUT2D eigenvalue weighted by Gasteiger charge is 2.53. The van der Waals surface area contributed by atoms with Crippen molar-refractivity contribution in [1.82, 2.24) is 10.2 Å². The van der Waals surface area contributed by atoms with Gasteiger partial charge in [0.15, 0.2) is 5.11 Å². The monoisotopic (exact) mass is 453 g/mol. The molecule has 7 nitrogen and oxygen atoms in total. The summed E-state index contributed by atoms with van der Waals surface area (Å²) in [5.41, 5.74) is 0.245. The molecular weight excluding hydrogens is 422 g/mol. The van der Waals surface area contributed by atoms with Crippen LogP contribution >= 0.6 is 12.2 Å². The molecule has 0 aromatic heterocycles. The van der Waals surface area contributed by atoms with Crippen molar-refractivity contribution < 1.29 is 17.9 Å². The normalized spacial score (nSPS) is 14.0. The maximum absolute atomic E-state index is 13.5. The molecule has 0 unspecified atom stereocenters. The lowest BCUT2D eigenvalue weighted by Gasteiger charge is -2.28. The molecule has 166 valence electrons. The van der Waals surface area contributed by atoms with E-state index >= 15 is 0 Å². The van der Waals surface area contributed by atoms with Crippen molar-refractivity contribution >= 4 is 39.4 Å². The van der Waals surface area contributed by atoms with Crippen LogP contribution in [0, 0.1) is 0 Å². The Morgan fingerprint density at radius 2 is 1.90 bits per heavy atom. The Balaban J connectivity index is 2.21. The number of hydrogen-bond donors (Lipinski definition) is 1. The summed E-state index contributed by atoms with van der Waals surface area (Å²) in [7, 11) is 0.561. The second-order valence-corrected chi connectivity index (χ2v) is 8.56. The van der Waals surface area contributed by atoms with Gasteiger partial charge in [0.2, 0.25) is 5.91 Å². The molecule has 0 aliphatic heterocycles. The van der Waals surface area contributed by atoms with Gasteiger partial charge in [0, 0.05) is 13.6 Å². The van der Waals surface area contributed by atoms with Gasteiger partial charge in [-0.25, -0.2) is 0 Å². The summed E-state index contributed by atoms with van der Waals surface area (Å²) in [6.45, 7) is 2.76. The average molecular weight is 454 g/mol. The first kappa shape index (κ1) is 24.3. The van der Waals surface area contributed by atoms with Crippen molar-refractivity contribution in [3.8, 4) is 5.75 Å². The van der Waals surface area contributed by atoms with E-state index < -0.39 is 15.9 Å². The van der Waals surface area contributed by atoms with Crippen molar-refractivity contribution in [1.29, 1.82) is 0 Å². The van der Waals surface area contributed by atoms with E-state index in [0.29, 0.717) is 30.2 Å². The summed E-state index contributed by atoms with van der Waals surface area (Å²) in [6.07, 6.45) is 8.14. The van der Waals surface area contributed by atoms with Crippen molar-refractivity contribution in [2.75, 3.05) is 20.7 Å². The van der Waals surface area contributed by atoms with Crippen molar-refractivity contribution in [2.24, 2.45) is 4.36 Å². The molecule has 1 aromatic carbocycles. The molecule has 1 N–H and O–H groups in total. The molecule has 30 heavy (non-hydrogen) atoms. The summed E-state index contributed by atoms with van der Waals surface area (Å²) in [5, 5.41) is 3.35. The lowest BCUT2D eigenvalue weighted by atomic mass is 9.93. The number of nitrogens with zero attached hydrogens (tertiary/aromatic N) is 2. The fraction of sp³-hybridized carbons (Fsp3) is 0.619. The maximum Gasteiger partial charge on any atom is 0.316 e. The van der Waals surface area contributed by atoms with Crippen LogP contribution in [0.2, 0.25) is 0 Å². The van der Waals surface area contributed by atoms with Crippen LogP contribution in [0.1, 0.15) is 63.9 Å². The van der Waals surface area contributed by atoms with E-state index in [0.717, 1.165) is 24.8 Å². The molecule has 0 spiro atoms. The van der Waals surface area contributed by atoms with Crippen LogP contribution in [0.3, 0.4) is 0 Å². The summed E-state index contributed by atoms with van der Waals surface area (Å²) in [6, 6.07) is 5.09. The van der Waals surface area contributed by atoms with E-state index in [9.17, 15) is 13.2 Å². The van der Waals surface area contributed by atoms with Gasteiger partial charge in [-0.3, -0.25) is 9.69 Å². The number of hydrogen-bond acceptors (Lipinski definition) is 6. The van der Waals surface area contributed by atoms with Crippen LogP contribution in [-0.2, 0) is 20.7 Å². The number of amides is 1. The molecule has 1 fully saturated rings. The van der Waals surface area contributed by atoms with Crippen molar-refractivity contribution in [3.63, 3.8) is 0 Å². The molecule has 1 aromatic rings. The fourth-order valence-corrected chi connectivity index (χ4v) is 4.11. The molecule has 0 heterocycles. The average Bonchev–Trinajstić information content (AvgIpc) is 3.54. The number of benzene rings is 1. The molecule has 9 heteroatoms. The Labute approximate surface area is 185 Å². The number of rotatable bonds is 11. The van der Waals surface area contributed by atoms with E-state index in [1.807, 2.05) is 6.07 Å². The number of carbonyl (C=O) groups excluding carboxylic acids is 1. The SMILES string of the molecule is CCCCCCCCN(C(=O)C1(c2ccc(OC)c(N=S(=O)=O)c2)CC1)C(=S)NC. The zero-order valence-electron chi connectivity index (χ0n) is 17.9. The van der Waals surface area contributed by atoms with Gasteiger partial charge in [-0.05, 0) is 49.2 Å². The molecule has 0 saturated heterocycles. The lowest BCUT2D eigenvalue weighted by Crippen LogP contribution is -2.47. The van der Waals surface area contributed by atoms with Gasteiger partial charge in [0.05, 0.1) is 12.5 Å². The van der Waals surface area contributed by atoms with Crippen LogP contribution < -0.4 is 10.1 Å². The summed E-state index contributed by atoms with van der Waals surface area (Å²) >= 11 is 5.42. The third kappa shape index (κ3) is 6.01. The first-order valence-electron chi connectivity index (χ1n) is 10.4. The molecule has 1 aliphatic carbocycles. The smallest absolute Gasteiger partial charge is 0.316 e. The van der Waals surface area contributed by atoms with E-state index in [-0.39, 0.29) is 11.6 Å². The van der Waals surface area contributed by atoms with Gasteiger partial charge in [-0.2, -0.15) is 8.42 Å². The largest absolute Gasteiger partial charge is 0.494 e. The quantitative estimate of drug-likeness (QED) is 0.401. The summed E-state index contributed by atoms with van der Waals surface area (Å²) in [5.74, 6) is 0.302. The van der Waals surface area contributed by atoms with Crippen molar-refractivity contribution in [2.45, 2.75) is 63.7 Å². The zero-order chi connectivity index (χ0) is 22.1. The Hall–Kier alpha value is -2.00. The van der Waals surface area contributed by atoms with Gasteiger partial charge in [0.1, 0.15) is 11.4 Å². The molecule has 0 radical (unpaired) electrons. The number of thiocarbonyl (C=S) groups is 1. The van der Waals surface area contributed by atoms with Crippen LogP contribution in [0.15, 0.2) is 22.6 Å². The van der Waals surface area contributed by atoms with Gasteiger partial charge in [0.25, 0.3) is 0 Å². The highest BCUT2D eigenvalue weighted by Crippen LogP contribution is 2.51. The minimum atomic E-state index is -2.61. The molecule has 1 amide bonds. The third-order valence-corrected chi connectivity index (χ3v) is 6.27. The second-order valence-electron chi connectivity index (χ2n) is 7.56. The van der Waals surface area contributed by atoms with E-state index in [1.54, 1.807) is 24.1 Å². The number of ether oxygens (including phenoxy) is 1. The Morgan fingerprint density at radius 3 is 2.47 bits per heavy atom. The van der Waals surface area contributed by atoms with E-state index in [1.165, 1.54) is 26.4 Å². The lowest BCUT2D eigenvalue weighted by molar-refractivity contribution is -0.130. The molecule has 0 atom stereocenters. The Bertz CT molecular complexity index is 888. The molecular formula is C21H31N3O4S2. The second kappa shape index (κ2) is 11.4. The van der Waals surface area contributed by atoms with Gasteiger partial charge >= 0.3 is 10.5 Å². The standard InChI is InChI=1S/C21H31N3O4S2/c1-4-5-6-7-8-9-14-24(20(29)22-2)19(25)21(12-13-21)16-10-11-18(28-3)17(15-16)23-30(26)27/h10-11,15H,4-9,12-14H2,1-3H3,(H,22,29).